The number of carbonyl (C=O) groups excluding carboxylic acids is 1. The first-order valence-electron chi connectivity index (χ1n) is 7.96. The van der Waals surface area contributed by atoms with Crippen LogP contribution in [0.25, 0.3) is 6.08 Å². The van der Waals surface area contributed by atoms with Gasteiger partial charge in [-0.2, -0.15) is 0 Å². The number of amides is 1. The third-order valence-electron chi connectivity index (χ3n) is 3.30. The summed E-state index contributed by atoms with van der Waals surface area (Å²) in [4.78, 5) is 12.0. The van der Waals surface area contributed by atoms with Gasteiger partial charge in [0.05, 0.1) is 4.90 Å². The summed E-state index contributed by atoms with van der Waals surface area (Å²) in [7, 11) is -3.58. The Morgan fingerprint density at radius 1 is 1.07 bits per heavy atom. The van der Waals surface area contributed by atoms with Gasteiger partial charge in [-0.05, 0) is 48.1 Å². The lowest BCUT2D eigenvalue weighted by molar-refractivity contribution is -0.115. The second-order valence-corrected chi connectivity index (χ2v) is 7.53. The standard InChI is InChI=1S/C19H19N3O3S2/c1-2-14-20-27(24,25)17-11-9-16(10-12-17)21-19(26)22-18(23)13-8-15-6-4-3-5-7-15/h2-13,20H,1,14H2,(H2,21,22,23,26). The molecule has 2 aromatic carbocycles. The number of anilines is 1. The number of thiocarbonyl (C=S) groups is 1. The molecular formula is C19H19N3O3S2. The molecule has 0 fully saturated rings. The van der Waals surface area contributed by atoms with Gasteiger partial charge in [-0.15, -0.1) is 6.58 Å². The molecule has 8 heteroatoms. The van der Waals surface area contributed by atoms with Crippen molar-refractivity contribution in [2.24, 2.45) is 0 Å². The predicted octanol–water partition coefficient (Wildman–Crippen LogP) is 2.68. The van der Waals surface area contributed by atoms with E-state index in [1.54, 1.807) is 18.2 Å². The molecule has 0 aliphatic rings. The zero-order chi connectivity index (χ0) is 19.7. The molecule has 0 spiro atoms. The molecule has 6 nitrogen and oxygen atoms in total. The second-order valence-electron chi connectivity index (χ2n) is 5.35. The molecule has 3 N–H and O–H groups in total. The molecule has 0 aliphatic heterocycles. The van der Waals surface area contributed by atoms with E-state index in [2.05, 4.69) is 21.9 Å². The van der Waals surface area contributed by atoms with E-state index >= 15 is 0 Å². The van der Waals surface area contributed by atoms with Crippen molar-refractivity contribution in [3.05, 3.63) is 78.9 Å². The Kier molecular flexibility index (Phi) is 7.42. The Labute approximate surface area is 164 Å². The highest BCUT2D eigenvalue weighted by Crippen LogP contribution is 2.13. The summed E-state index contributed by atoms with van der Waals surface area (Å²) in [6.45, 7) is 3.62. The lowest BCUT2D eigenvalue weighted by atomic mass is 10.2. The third-order valence-corrected chi connectivity index (χ3v) is 4.95. The zero-order valence-corrected chi connectivity index (χ0v) is 16.0. The molecule has 0 atom stereocenters. The lowest BCUT2D eigenvalue weighted by Crippen LogP contribution is -2.32. The van der Waals surface area contributed by atoms with Crippen LogP contribution in [0.2, 0.25) is 0 Å². The van der Waals surface area contributed by atoms with Crippen LogP contribution in [0.15, 0.2) is 78.2 Å². The summed E-state index contributed by atoms with van der Waals surface area (Å²) >= 11 is 5.09. The number of hydrogen-bond donors (Lipinski definition) is 3. The van der Waals surface area contributed by atoms with E-state index < -0.39 is 10.0 Å². The molecule has 0 radical (unpaired) electrons. The van der Waals surface area contributed by atoms with Crippen molar-refractivity contribution >= 4 is 45.0 Å². The van der Waals surface area contributed by atoms with Crippen molar-refractivity contribution in [3.8, 4) is 0 Å². The molecule has 1 amide bonds. The Morgan fingerprint density at radius 3 is 2.37 bits per heavy atom. The Bertz CT molecular complexity index is 938. The largest absolute Gasteiger partial charge is 0.332 e. The van der Waals surface area contributed by atoms with Crippen LogP contribution in [0, 0.1) is 0 Å². The average molecular weight is 402 g/mol. The molecule has 0 unspecified atom stereocenters. The van der Waals surface area contributed by atoms with Gasteiger partial charge in [-0.25, -0.2) is 13.1 Å². The molecule has 0 saturated heterocycles. The van der Waals surface area contributed by atoms with Crippen molar-refractivity contribution in [2.75, 3.05) is 11.9 Å². The van der Waals surface area contributed by atoms with Crippen LogP contribution in [0.3, 0.4) is 0 Å². The van der Waals surface area contributed by atoms with Crippen molar-refractivity contribution in [1.29, 1.82) is 0 Å². The fourth-order valence-electron chi connectivity index (χ4n) is 2.02. The summed E-state index contributed by atoms with van der Waals surface area (Å²) in [5, 5.41) is 5.46. The first-order chi connectivity index (χ1) is 12.9. The highest BCUT2D eigenvalue weighted by Gasteiger charge is 2.12. The van der Waals surface area contributed by atoms with Crippen LogP contribution in [0.5, 0.6) is 0 Å². The first kappa shape index (κ1) is 20.5. The van der Waals surface area contributed by atoms with E-state index in [0.717, 1.165) is 5.56 Å². The fourth-order valence-corrected chi connectivity index (χ4v) is 3.24. The van der Waals surface area contributed by atoms with Crippen LogP contribution < -0.4 is 15.4 Å². The van der Waals surface area contributed by atoms with E-state index in [1.165, 1.54) is 24.3 Å². The summed E-state index contributed by atoms with van der Waals surface area (Å²) in [6, 6.07) is 15.4. The minimum Gasteiger partial charge on any atom is -0.332 e. The van der Waals surface area contributed by atoms with Gasteiger partial charge in [0, 0.05) is 18.3 Å². The second kappa shape index (κ2) is 9.77. The average Bonchev–Trinajstić information content (AvgIpc) is 2.66. The molecule has 0 aromatic heterocycles. The van der Waals surface area contributed by atoms with Crippen LogP contribution in [-0.2, 0) is 14.8 Å². The van der Waals surface area contributed by atoms with E-state index in [9.17, 15) is 13.2 Å². The van der Waals surface area contributed by atoms with Gasteiger partial charge >= 0.3 is 0 Å². The molecular weight excluding hydrogens is 382 g/mol. The number of sulfonamides is 1. The maximum Gasteiger partial charge on any atom is 0.250 e. The molecule has 0 saturated carbocycles. The molecule has 140 valence electrons. The van der Waals surface area contributed by atoms with Gasteiger partial charge in [-0.3, -0.25) is 10.1 Å². The van der Waals surface area contributed by atoms with Gasteiger partial charge in [0.1, 0.15) is 0 Å². The topological polar surface area (TPSA) is 87.3 Å². The summed E-state index contributed by atoms with van der Waals surface area (Å²) in [5.74, 6) is -0.371. The molecule has 27 heavy (non-hydrogen) atoms. The Morgan fingerprint density at radius 2 is 1.74 bits per heavy atom. The van der Waals surface area contributed by atoms with Crippen LogP contribution >= 0.6 is 12.2 Å². The van der Waals surface area contributed by atoms with Crippen LogP contribution in [0.1, 0.15) is 5.56 Å². The molecule has 2 rings (SSSR count). The minimum absolute atomic E-state index is 0.109. The highest BCUT2D eigenvalue weighted by molar-refractivity contribution is 7.89. The molecule has 0 heterocycles. The Balaban J connectivity index is 1.91. The normalized spacial score (nSPS) is 11.1. The van der Waals surface area contributed by atoms with Gasteiger partial charge < -0.3 is 5.32 Å². The van der Waals surface area contributed by atoms with Crippen LogP contribution in [0.4, 0.5) is 5.69 Å². The Hall–Kier alpha value is -2.81. The van der Waals surface area contributed by atoms with Gasteiger partial charge in [-0.1, -0.05) is 36.4 Å². The predicted molar refractivity (Wildman–Crippen MR) is 112 cm³/mol. The van der Waals surface area contributed by atoms with Crippen LogP contribution in [-0.4, -0.2) is 26.0 Å². The van der Waals surface area contributed by atoms with E-state index in [-0.39, 0.29) is 22.5 Å². The smallest absolute Gasteiger partial charge is 0.250 e. The lowest BCUT2D eigenvalue weighted by Gasteiger charge is -2.09. The number of hydrogen-bond acceptors (Lipinski definition) is 4. The molecule has 0 bridgehead atoms. The van der Waals surface area contributed by atoms with Gasteiger partial charge in [0.25, 0.3) is 0 Å². The number of carbonyl (C=O) groups is 1. The van der Waals surface area contributed by atoms with Crippen molar-refractivity contribution in [1.82, 2.24) is 10.0 Å². The molecule has 2 aromatic rings. The van der Waals surface area contributed by atoms with Gasteiger partial charge in [0.15, 0.2) is 5.11 Å². The SMILES string of the molecule is C=CCNS(=O)(=O)c1ccc(NC(=S)NC(=O)C=Cc2ccccc2)cc1. The maximum atomic E-state index is 12.0. The zero-order valence-electron chi connectivity index (χ0n) is 14.4. The number of nitrogens with one attached hydrogen (secondary N) is 3. The number of benzene rings is 2. The highest BCUT2D eigenvalue weighted by atomic mass is 32.2. The fraction of sp³-hybridized carbons (Fsp3) is 0.0526. The quantitative estimate of drug-likeness (QED) is 0.377. The van der Waals surface area contributed by atoms with Crippen molar-refractivity contribution in [2.45, 2.75) is 4.90 Å². The molecule has 0 aliphatic carbocycles. The van der Waals surface area contributed by atoms with Gasteiger partial charge in [0.2, 0.25) is 15.9 Å². The van der Waals surface area contributed by atoms with E-state index in [1.807, 2.05) is 30.3 Å². The summed E-state index contributed by atoms with van der Waals surface area (Å²) in [6.07, 6.45) is 4.51. The number of rotatable bonds is 7. The third kappa shape index (κ3) is 6.78. The summed E-state index contributed by atoms with van der Waals surface area (Å²) in [5.41, 5.74) is 1.45. The summed E-state index contributed by atoms with van der Waals surface area (Å²) < 4.78 is 26.4. The first-order valence-corrected chi connectivity index (χ1v) is 9.85. The van der Waals surface area contributed by atoms with Crippen molar-refractivity contribution in [3.63, 3.8) is 0 Å². The maximum absolute atomic E-state index is 12.0. The van der Waals surface area contributed by atoms with Crippen molar-refractivity contribution < 1.29 is 13.2 Å². The minimum atomic E-state index is -3.58. The van der Waals surface area contributed by atoms with E-state index in [4.69, 9.17) is 12.2 Å². The van der Waals surface area contributed by atoms with E-state index in [0.29, 0.717) is 5.69 Å². The monoisotopic (exact) mass is 401 g/mol.